The minimum absolute atomic E-state index is 0.203. The summed E-state index contributed by atoms with van der Waals surface area (Å²) in [6.45, 7) is 11.5. The number of nitrogens with zero attached hydrogens (tertiary/aromatic N) is 1. The largest absolute Gasteiger partial charge is 0.311 e. The molecule has 0 aliphatic rings. The highest BCUT2D eigenvalue weighted by molar-refractivity contribution is 7.89. The molecule has 5 nitrogen and oxygen atoms in total. The summed E-state index contributed by atoms with van der Waals surface area (Å²) in [5, 5.41) is 0. The Morgan fingerprint density at radius 1 is 1.04 bits per heavy atom. The fourth-order valence-corrected chi connectivity index (χ4v) is 5.32. The van der Waals surface area contributed by atoms with Gasteiger partial charge in [0, 0.05) is 12.2 Å². The van der Waals surface area contributed by atoms with Gasteiger partial charge in [-0.3, -0.25) is 4.79 Å². The van der Waals surface area contributed by atoms with Crippen molar-refractivity contribution in [3.63, 3.8) is 0 Å². The summed E-state index contributed by atoms with van der Waals surface area (Å²) in [5.74, 6) is -0.458. The number of carbonyl (C=O) groups is 1. The average Bonchev–Trinajstić information content (AvgIpc) is 2.59. The maximum atomic E-state index is 13.2. The Morgan fingerprint density at radius 3 is 2.04 bits per heavy atom. The van der Waals surface area contributed by atoms with Gasteiger partial charge in [-0.1, -0.05) is 49.7 Å². The first-order valence-corrected chi connectivity index (χ1v) is 11.0. The second-order valence-corrected chi connectivity index (χ2v) is 9.14. The Hall–Kier alpha value is -2.18. The second-order valence-electron chi connectivity index (χ2n) is 7.49. The lowest BCUT2D eigenvalue weighted by Gasteiger charge is -2.29. The van der Waals surface area contributed by atoms with E-state index in [1.165, 1.54) is 0 Å². The van der Waals surface area contributed by atoms with Crippen molar-refractivity contribution < 1.29 is 13.2 Å². The predicted octanol–water partition coefficient (Wildman–Crippen LogP) is 3.97. The summed E-state index contributed by atoms with van der Waals surface area (Å²) >= 11 is 0. The van der Waals surface area contributed by atoms with Crippen molar-refractivity contribution in [3.05, 3.63) is 59.2 Å². The average molecular weight is 403 g/mol. The highest BCUT2D eigenvalue weighted by Crippen LogP contribution is 2.24. The van der Waals surface area contributed by atoms with Crippen LogP contribution in [0.25, 0.3) is 0 Å². The van der Waals surface area contributed by atoms with E-state index in [4.69, 9.17) is 0 Å². The van der Waals surface area contributed by atoms with Gasteiger partial charge in [0.2, 0.25) is 15.9 Å². The van der Waals surface area contributed by atoms with Gasteiger partial charge in [0.15, 0.2) is 0 Å². The molecule has 0 fully saturated rings. The molecule has 0 spiro atoms. The normalized spacial score (nSPS) is 12.8. The molecule has 2 aromatic rings. The van der Waals surface area contributed by atoms with Crippen LogP contribution >= 0.6 is 0 Å². The summed E-state index contributed by atoms with van der Waals surface area (Å²) < 4.78 is 29.0. The van der Waals surface area contributed by atoms with Crippen molar-refractivity contribution in [3.8, 4) is 0 Å². The van der Waals surface area contributed by atoms with E-state index >= 15 is 0 Å². The third kappa shape index (κ3) is 4.80. The van der Waals surface area contributed by atoms with E-state index in [0.29, 0.717) is 17.7 Å². The molecule has 6 heteroatoms. The van der Waals surface area contributed by atoms with Gasteiger partial charge in [-0.15, -0.1) is 0 Å². The zero-order chi connectivity index (χ0) is 21.1. The zero-order valence-electron chi connectivity index (χ0n) is 17.5. The first-order valence-electron chi connectivity index (χ1n) is 9.55. The van der Waals surface area contributed by atoms with Crippen LogP contribution in [0.3, 0.4) is 0 Å². The molecule has 28 heavy (non-hydrogen) atoms. The topological polar surface area (TPSA) is 66.5 Å². The van der Waals surface area contributed by atoms with E-state index in [1.807, 2.05) is 70.2 Å². The molecule has 1 N–H and O–H groups in total. The molecule has 0 saturated heterocycles. The number of para-hydroxylation sites is 1. The van der Waals surface area contributed by atoms with Crippen LogP contribution in [0.2, 0.25) is 0 Å². The smallest absolute Gasteiger partial charge is 0.245 e. The summed E-state index contributed by atoms with van der Waals surface area (Å²) in [5.41, 5.74) is 3.11. The molecule has 0 aliphatic carbocycles. The number of hydrogen-bond acceptors (Lipinski definition) is 3. The second kappa shape index (κ2) is 8.88. The number of aryl methyl sites for hydroxylation is 3. The van der Waals surface area contributed by atoms with E-state index < -0.39 is 16.1 Å². The lowest BCUT2D eigenvalue weighted by atomic mass is 10.0. The van der Waals surface area contributed by atoms with E-state index in [1.54, 1.807) is 18.7 Å². The molecular weight excluding hydrogens is 372 g/mol. The number of anilines is 1. The van der Waals surface area contributed by atoms with Crippen molar-refractivity contribution in [2.45, 2.75) is 52.5 Å². The fraction of sp³-hybridized carbons (Fsp3) is 0.409. The number of amides is 1. The minimum atomic E-state index is -3.85. The summed E-state index contributed by atoms with van der Waals surface area (Å²) in [6, 6.07) is 12.1. The van der Waals surface area contributed by atoms with Crippen LogP contribution in [0.15, 0.2) is 47.4 Å². The fourth-order valence-electron chi connectivity index (χ4n) is 3.53. The van der Waals surface area contributed by atoms with E-state index in [9.17, 15) is 13.2 Å². The number of benzene rings is 2. The predicted molar refractivity (Wildman–Crippen MR) is 114 cm³/mol. The number of likely N-dealkylation sites (N-methyl/N-ethyl adjacent to an activating group) is 1. The highest BCUT2D eigenvalue weighted by Gasteiger charge is 2.33. The first kappa shape index (κ1) is 22.1. The van der Waals surface area contributed by atoms with Crippen LogP contribution in [-0.2, 0) is 14.8 Å². The van der Waals surface area contributed by atoms with Gasteiger partial charge in [-0.05, 0) is 56.9 Å². The third-order valence-electron chi connectivity index (χ3n) is 4.74. The molecule has 0 saturated carbocycles. The number of rotatable bonds is 7. The number of carbonyl (C=O) groups excluding carboxylic acids is 1. The quantitative estimate of drug-likeness (QED) is 0.762. The minimum Gasteiger partial charge on any atom is -0.311 e. The Bertz CT molecular complexity index is 915. The Kier molecular flexibility index (Phi) is 7.01. The molecule has 1 amide bonds. The zero-order valence-corrected chi connectivity index (χ0v) is 18.3. The van der Waals surface area contributed by atoms with Crippen LogP contribution in [0.4, 0.5) is 5.69 Å². The molecular formula is C22H30N2O3S. The molecule has 0 radical (unpaired) electrons. The number of hydrogen-bond donors (Lipinski definition) is 1. The number of nitrogens with one attached hydrogen (secondary N) is 1. The summed E-state index contributed by atoms with van der Waals surface area (Å²) in [6.07, 6.45) is 0. The van der Waals surface area contributed by atoms with Gasteiger partial charge in [0.25, 0.3) is 0 Å². The standard InChI is InChI=1S/C22H30N2O3S/c1-7-24(19-11-9-8-10-12-19)22(25)20(15(2)3)23-28(26,27)21-17(5)13-16(4)14-18(21)6/h8-15,20,23H,7H2,1-6H3. The lowest BCUT2D eigenvalue weighted by Crippen LogP contribution is -2.51. The van der Waals surface area contributed by atoms with Crippen LogP contribution < -0.4 is 9.62 Å². The van der Waals surface area contributed by atoms with E-state index in [2.05, 4.69) is 4.72 Å². The first-order chi connectivity index (χ1) is 13.1. The highest BCUT2D eigenvalue weighted by atomic mass is 32.2. The maximum Gasteiger partial charge on any atom is 0.245 e. The van der Waals surface area contributed by atoms with E-state index in [-0.39, 0.29) is 16.7 Å². The number of sulfonamides is 1. The molecule has 0 aromatic heterocycles. The van der Waals surface area contributed by atoms with Crippen LogP contribution in [-0.4, -0.2) is 26.9 Å². The molecule has 2 rings (SSSR count). The summed E-state index contributed by atoms with van der Waals surface area (Å²) in [7, 11) is -3.85. The molecule has 152 valence electrons. The van der Waals surface area contributed by atoms with Crippen LogP contribution in [0, 0.1) is 26.7 Å². The molecule has 1 unspecified atom stereocenters. The molecule has 1 atom stereocenters. The van der Waals surface area contributed by atoms with Crippen molar-refractivity contribution >= 4 is 21.6 Å². The maximum absolute atomic E-state index is 13.2. The molecule has 2 aromatic carbocycles. The molecule has 0 aliphatic heterocycles. The van der Waals surface area contributed by atoms with Crippen LogP contribution in [0.5, 0.6) is 0 Å². The Balaban J connectivity index is 2.41. The van der Waals surface area contributed by atoms with Crippen LogP contribution in [0.1, 0.15) is 37.5 Å². The Morgan fingerprint density at radius 2 is 1.57 bits per heavy atom. The van der Waals surface area contributed by atoms with Crippen molar-refractivity contribution in [2.75, 3.05) is 11.4 Å². The van der Waals surface area contributed by atoms with Gasteiger partial charge >= 0.3 is 0 Å². The van der Waals surface area contributed by atoms with E-state index in [0.717, 1.165) is 11.3 Å². The molecule has 0 heterocycles. The van der Waals surface area contributed by atoms with Gasteiger partial charge in [0.05, 0.1) is 4.90 Å². The Labute approximate surface area is 168 Å². The lowest BCUT2D eigenvalue weighted by molar-refractivity contribution is -0.121. The van der Waals surface area contributed by atoms with Crippen molar-refractivity contribution in [2.24, 2.45) is 5.92 Å². The van der Waals surface area contributed by atoms with Gasteiger partial charge in [-0.2, -0.15) is 4.72 Å². The van der Waals surface area contributed by atoms with Gasteiger partial charge < -0.3 is 4.90 Å². The van der Waals surface area contributed by atoms with Gasteiger partial charge in [-0.25, -0.2) is 8.42 Å². The van der Waals surface area contributed by atoms with Gasteiger partial charge in [0.1, 0.15) is 6.04 Å². The monoisotopic (exact) mass is 402 g/mol. The summed E-state index contributed by atoms with van der Waals surface area (Å²) in [4.78, 5) is 15.1. The SMILES string of the molecule is CCN(C(=O)C(NS(=O)(=O)c1c(C)cc(C)cc1C)C(C)C)c1ccccc1. The third-order valence-corrected chi connectivity index (χ3v) is 6.48. The van der Waals surface area contributed by atoms with Crippen molar-refractivity contribution in [1.29, 1.82) is 0 Å². The molecule has 0 bridgehead atoms. The van der Waals surface area contributed by atoms with Crippen molar-refractivity contribution in [1.82, 2.24) is 4.72 Å².